The maximum Gasteiger partial charge on any atom is 0.117 e. The standard InChI is InChI=1S/C11H21N3O/c1-6-11(13-10(4)12)7-8-14(5)15-9(2)3/h12H,2,6-8H2,1,3-5H3. The molecule has 0 saturated heterocycles. The van der Waals surface area contributed by atoms with Crippen LogP contribution in [0.5, 0.6) is 0 Å². The summed E-state index contributed by atoms with van der Waals surface area (Å²) >= 11 is 0. The molecule has 0 saturated carbocycles. The van der Waals surface area contributed by atoms with Crippen LogP contribution >= 0.6 is 0 Å². The van der Waals surface area contributed by atoms with Gasteiger partial charge in [-0.2, -0.15) is 0 Å². The largest absolute Gasteiger partial charge is 0.412 e. The Morgan fingerprint density at radius 1 is 1.47 bits per heavy atom. The molecule has 0 aromatic carbocycles. The fourth-order valence-electron chi connectivity index (χ4n) is 1.15. The van der Waals surface area contributed by atoms with Crippen LogP contribution in [0.4, 0.5) is 0 Å². The van der Waals surface area contributed by atoms with Crippen LogP contribution in [0.25, 0.3) is 0 Å². The summed E-state index contributed by atoms with van der Waals surface area (Å²) in [5.41, 5.74) is 1.03. The zero-order valence-corrected chi connectivity index (χ0v) is 10.1. The molecule has 0 amide bonds. The molecule has 0 spiro atoms. The van der Waals surface area contributed by atoms with E-state index < -0.39 is 0 Å². The summed E-state index contributed by atoms with van der Waals surface area (Å²) in [7, 11) is 1.86. The third kappa shape index (κ3) is 7.88. The van der Waals surface area contributed by atoms with E-state index in [2.05, 4.69) is 11.6 Å². The molecular formula is C11H21N3O. The number of amidine groups is 1. The Morgan fingerprint density at radius 3 is 2.47 bits per heavy atom. The predicted octanol–water partition coefficient (Wildman–Crippen LogP) is 2.62. The molecule has 0 bridgehead atoms. The van der Waals surface area contributed by atoms with Crippen molar-refractivity contribution in [1.29, 1.82) is 5.41 Å². The highest BCUT2D eigenvalue weighted by Crippen LogP contribution is 2.00. The molecular weight excluding hydrogens is 190 g/mol. The second-order valence-corrected chi connectivity index (χ2v) is 3.51. The van der Waals surface area contributed by atoms with E-state index in [1.165, 1.54) is 0 Å². The van der Waals surface area contributed by atoms with E-state index >= 15 is 0 Å². The molecule has 86 valence electrons. The highest BCUT2D eigenvalue weighted by Gasteiger charge is 2.02. The zero-order valence-electron chi connectivity index (χ0n) is 10.1. The summed E-state index contributed by atoms with van der Waals surface area (Å²) in [5, 5.41) is 9.01. The molecule has 4 heteroatoms. The van der Waals surface area contributed by atoms with Gasteiger partial charge in [0, 0.05) is 25.7 Å². The maximum atomic E-state index is 7.28. The summed E-state index contributed by atoms with van der Waals surface area (Å²) in [4.78, 5) is 9.42. The van der Waals surface area contributed by atoms with Crippen molar-refractivity contribution in [3.05, 3.63) is 12.3 Å². The average molecular weight is 211 g/mol. The van der Waals surface area contributed by atoms with Crippen LogP contribution in [0.15, 0.2) is 17.3 Å². The Kier molecular flexibility index (Phi) is 6.62. The molecule has 0 aliphatic heterocycles. The molecule has 0 heterocycles. The summed E-state index contributed by atoms with van der Waals surface area (Å²) in [6.07, 6.45) is 1.69. The van der Waals surface area contributed by atoms with E-state index in [1.807, 2.05) is 20.9 Å². The van der Waals surface area contributed by atoms with Gasteiger partial charge in [0.1, 0.15) is 11.6 Å². The van der Waals surface area contributed by atoms with Crippen LogP contribution in [-0.2, 0) is 4.84 Å². The summed E-state index contributed by atoms with van der Waals surface area (Å²) in [6, 6.07) is 0. The van der Waals surface area contributed by atoms with Crippen molar-refractivity contribution in [1.82, 2.24) is 5.06 Å². The predicted molar refractivity (Wildman–Crippen MR) is 64.3 cm³/mol. The molecule has 1 N–H and O–H groups in total. The van der Waals surface area contributed by atoms with Crippen molar-refractivity contribution in [3.8, 4) is 0 Å². The fraction of sp³-hybridized carbons (Fsp3) is 0.636. The molecule has 15 heavy (non-hydrogen) atoms. The minimum absolute atomic E-state index is 0.357. The van der Waals surface area contributed by atoms with Crippen molar-refractivity contribution in [3.63, 3.8) is 0 Å². The van der Waals surface area contributed by atoms with Crippen molar-refractivity contribution >= 4 is 11.5 Å². The molecule has 0 aromatic rings. The van der Waals surface area contributed by atoms with Gasteiger partial charge in [-0.05, 0) is 20.3 Å². The second kappa shape index (κ2) is 7.17. The van der Waals surface area contributed by atoms with Crippen molar-refractivity contribution < 1.29 is 4.84 Å². The lowest BCUT2D eigenvalue weighted by atomic mass is 10.2. The lowest BCUT2D eigenvalue weighted by Crippen LogP contribution is -2.21. The highest BCUT2D eigenvalue weighted by molar-refractivity contribution is 5.95. The van der Waals surface area contributed by atoms with E-state index in [1.54, 1.807) is 12.0 Å². The van der Waals surface area contributed by atoms with Crippen molar-refractivity contribution in [2.45, 2.75) is 33.6 Å². The number of hydroxylamine groups is 2. The first-order valence-electron chi connectivity index (χ1n) is 5.12. The Hall–Kier alpha value is -1.16. The minimum atomic E-state index is 0.357. The van der Waals surface area contributed by atoms with Crippen LogP contribution in [0.2, 0.25) is 0 Å². The Balaban J connectivity index is 4.01. The van der Waals surface area contributed by atoms with Gasteiger partial charge in [-0.1, -0.05) is 13.5 Å². The summed E-state index contributed by atoms with van der Waals surface area (Å²) in [6.45, 7) is 9.96. The normalized spacial score (nSPS) is 11.7. The van der Waals surface area contributed by atoms with Gasteiger partial charge in [0.05, 0.1) is 0 Å². The van der Waals surface area contributed by atoms with Gasteiger partial charge in [0.25, 0.3) is 0 Å². The van der Waals surface area contributed by atoms with Crippen LogP contribution in [0.3, 0.4) is 0 Å². The molecule has 0 atom stereocenters. The van der Waals surface area contributed by atoms with Gasteiger partial charge in [0.15, 0.2) is 0 Å². The van der Waals surface area contributed by atoms with Gasteiger partial charge in [-0.25, -0.2) is 4.99 Å². The van der Waals surface area contributed by atoms with Crippen LogP contribution in [-0.4, -0.2) is 30.2 Å². The zero-order chi connectivity index (χ0) is 11.8. The first-order valence-corrected chi connectivity index (χ1v) is 5.12. The third-order valence-corrected chi connectivity index (χ3v) is 1.76. The molecule has 0 radical (unpaired) electrons. The van der Waals surface area contributed by atoms with E-state index in [-0.39, 0.29) is 0 Å². The van der Waals surface area contributed by atoms with Gasteiger partial charge in [-0.15, -0.1) is 5.06 Å². The van der Waals surface area contributed by atoms with E-state index in [4.69, 9.17) is 10.2 Å². The number of nitrogens with zero attached hydrogens (tertiary/aromatic N) is 2. The average Bonchev–Trinajstić information content (AvgIpc) is 2.10. The maximum absolute atomic E-state index is 7.28. The van der Waals surface area contributed by atoms with E-state index in [9.17, 15) is 0 Å². The summed E-state index contributed by atoms with van der Waals surface area (Å²) in [5.74, 6) is 1.03. The van der Waals surface area contributed by atoms with Gasteiger partial charge in [-0.3, -0.25) is 5.41 Å². The number of hydrogen-bond donors (Lipinski definition) is 1. The minimum Gasteiger partial charge on any atom is -0.412 e. The van der Waals surface area contributed by atoms with Crippen molar-refractivity contribution in [2.24, 2.45) is 4.99 Å². The van der Waals surface area contributed by atoms with Gasteiger partial charge >= 0.3 is 0 Å². The number of rotatable bonds is 6. The van der Waals surface area contributed by atoms with Gasteiger partial charge < -0.3 is 4.84 Å². The van der Waals surface area contributed by atoms with E-state index in [0.29, 0.717) is 11.6 Å². The molecule has 0 aromatic heterocycles. The van der Waals surface area contributed by atoms with Crippen LogP contribution < -0.4 is 0 Å². The second-order valence-electron chi connectivity index (χ2n) is 3.51. The Morgan fingerprint density at radius 2 is 2.07 bits per heavy atom. The SMILES string of the molecule is C=C(C)ON(C)CCC(CC)=NC(C)=N. The first-order chi connectivity index (χ1) is 6.95. The monoisotopic (exact) mass is 211 g/mol. The molecule has 0 fully saturated rings. The van der Waals surface area contributed by atoms with Crippen molar-refractivity contribution in [2.75, 3.05) is 13.6 Å². The Bertz CT molecular complexity index is 259. The number of aliphatic imine (C=N–C) groups is 1. The Labute approximate surface area is 92.1 Å². The fourth-order valence-corrected chi connectivity index (χ4v) is 1.15. The molecule has 0 rings (SSSR count). The van der Waals surface area contributed by atoms with Crippen LogP contribution in [0.1, 0.15) is 33.6 Å². The smallest absolute Gasteiger partial charge is 0.117 e. The molecule has 0 aliphatic carbocycles. The third-order valence-electron chi connectivity index (χ3n) is 1.76. The topological polar surface area (TPSA) is 48.7 Å². The lowest BCUT2D eigenvalue weighted by Gasteiger charge is -2.17. The highest BCUT2D eigenvalue weighted by atomic mass is 16.7. The molecule has 4 nitrogen and oxygen atoms in total. The number of hydrogen-bond acceptors (Lipinski definition) is 3. The summed E-state index contributed by atoms with van der Waals surface area (Å²) < 4.78 is 0. The molecule has 0 unspecified atom stereocenters. The van der Waals surface area contributed by atoms with Gasteiger partial charge in [0.2, 0.25) is 0 Å². The number of allylic oxidation sites excluding steroid dienone is 1. The molecule has 0 aliphatic rings. The van der Waals surface area contributed by atoms with E-state index in [0.717, 1.165) is 25.1 Å². The number of nitrogens with one attached hydrogen (secondary N) is 1. The first kappa shape index (κ1) is 13.8. The quantitative estimate of drug-likeness (QED) is 0.318. The lowest BCUT2D eigenvalue weighted by molar-refractivity contribution is -0.0933. The van der Waals surface area contributed by atoms with Crippen LogP contribution in [0, 0.1) is 5.41 Å².